The van der Waals surface area contributed by atoms with Crippen molar-refractivity contribution in [2.24, 2.45) is 0 Å². The quantitative estimate of drug-likeness (QED) is 0.696. The van der Waals surface area contributed by atoms with Crippen molar-refractivity contribution in [3.8, 4) is 12.3 Å². The van der Waals surface area contributed by atoms with Crippen LogP contribution >= 0.6 is 0 Å². The van der Waals surface area contributed by atoms with Gasteiger partial charge >= 0.3 is 0 Å². The Hall–Kier alpha value is -1.76. The van der Waals surface area contributed by atoms with E-state index >= 15 is 0 Å². The van der Waals surface area contributed by atoms with E-state index in [9.17, 15) is 4.79 Å². The van der Waals surface area contributed by atoms with E-state index in [1.165, 1.54) is 6.20 Å². The van der Waals surface area contributed by atoms with Gasteiger partial charge in [0.05, 0.1) is 11.8 Å². The third-order valence-electron chi connectivity index (χ3n) is 1.88. The molecule has 1 unspecified atom stereocenters. The smallest absolute Gasteiger partial charge is 0.254 e. The number of H-pyrrole nitrogens is 1. The molecule has 1 amide bonds. The third-order valence-corrected chi connectivity index (χ3v) is 1.88. The van der Waals surface area contributed by atoms with Gasteiger partial charge in [0, 0.05) is 18.2 Å². The first-order valence-electron chi connectivity index (χ1n) is 4.39. The number of terminal acetylenes is 1. The minimum absolute atomic E-state index is 0.0122. The van der Waals surface area contributed by atoms with E-state index < -0.39 is 0 Å². The topological polar surface area (TPSA) is 57.8 Å². The molecule has 0 bridgehead atoms. The van der Waals surface area contributed by atoms with Gasteiger partial charge < -0.3 is 5.32 Å². The summed E-state index contributed by atoms with van der Waals surface area (Å²) in [6.07, 6.45) is 7.17. The Bertz CT molecular complexity index is 362. The summed E-state index contributed by atoms with van der Waals surface area (Å²) in [6.45, 7) is 3.67. The number of aromatic nitrogens is 2. The van der Waals surface area contributed by atoms with Crippen molar-refractivity contribution in [2.45, 2.75) is 26.3 Å². The largest absolute Gasteiger partial charge is 0.349 e. The Kier molecular flexibility index (Phi) is 3.29. The summed E-state index contributed by atoms with van der Waals surface area (Å²) in [6, 6.07) is -0.0122. The van der Waals surface area contributed by atoms with Gasteiger partial charge in [0.25, 0.3) is 5.91 Å². The molecule has 0 fully saturated rings. The number of aryl methyl sites for hydroxylation is 1. The molecule has 1 aromatic heterocycles. The average molecular weight is 191 g/mol. The van der Waals surface area contributed by atoms with Crippen molar-refractivity contribution in [2.75, 3.05) is 0 Å². The maximum absolute atomic E-state index is 11.6. The molecular formula is C10H13N3O. The predicted molar refractivity (Wildman–Crippen MR) is 53.7 cm³/mol. The molecule has 0 aliphatic heterocycles. The Labute approximate surface area is 83.1 Å². The summed E-state index contributed by atoms with van der Waals surface area (Å²) in [5, 5.41) is 9.26. The second-order valence-electron chi connectivity index (χ2n) is 3.19. The van der Waals surface area contributed by atoms with Gasteiger partial charge in [-0.1, -0.05) is 0 Å². The standard InChI is InChI=1S/C10H13N3O/c1-4-5-7(2)12-10(14)9-6-11-13-8(9)3/h1,6-7H,5H2,2-3H3,(H,11,13)(H,12,14). The third kappa shape index (κ3) is 2.36. The molecule has 1 aromatic rings. The van der Waals surface area contributed by atoms with Crippen molar-refractivity contribution < 1.29 is 4.79 Å². The van der Waals surface area contributed by atoms with E-state index in [2.05, 4.69) is 21.4 Å². The van der Waals surface area contributed by atoms with Crippen LogP contribution in [0.15, 0.2) is 6.20 Å². The normalized spacial score (nSPS) is 11.8. The lowest BCUT2D eigenvalue weighted by atomic mass is 10.2. The van der Waals surface area contributed by atoms with Gasteiger partial charge in [-0.3, -0.25) is 9.89 Å². The molecule has 0 aromatic carbocycles. The van der Waals surface area contributed by atoms with Crippen LogP contribution < -0.4 is 5.32 Å². The van der Waals surface area contributed by atoms with Crippen molar-refractivity contribution in [1.82, 2.24) is 15.5 Å². The second kappa shape index (κ2) is 4.47. The highest BCUT2D eigenvalue weighted by Gasteiger charge is 2.12. The fourth-order valence-electron chi connectivity index (χ4n) is 1.11. The van der Waals surface area contributed by atoms with Gasteiger partial charge in [-0.15, -0.1) is 12.3 Å². The first-order chi connectivity index (χ1) is 6.65. The van der Waals surface area contributed by atoms with Crippen molar-refractivity contribution >= 4 is 5.91 Å². The van der Waals surface area contributed by atoms with Gasteiger partial charge in [-0.2, -0.15) is 5.10 Å². The highest BCUT2D eigenvalue weighted by Crippen LogP contribution is 2.02. The molecule has 4 nitrogen and oxygen atoms in total. The molecule has 0 aliphatic rings. The summed E-state index contributed by atoms with van der Waals surface area (Å²) >= 11 is 0. The van der Waals surface area contributed by atoms with Gasteiger partial charge in [-0.05, 0) is 13.8 Å². The van der Waals surface area contributed by atoms with Crippen molar-refractivity contribution in [1.29, 1.82) is 0 Å². The van der Waals surface area contributed by atoms with Crippen molar-refractivity contribution in [3.63, 3.8) is 0 Å². The van der Waals surface area contributed by atoms with E-state index in [4.69, 9.17) is 6.42 Å². The number of rotatable bonds is 3. The molecule has 1 atom stereocenters. The van der Waals surface area contributed by atoms with Gasteiger partial charge in [0.15, 0.2) is 0 Å². The molecule has 1 rings (SSSR count). The number of hydrogen-bond donors (Lipinski definition) is 2. The molecule has 1 heterocycles. The fourth-order valence-corrected chi connectivity index (χ4v) is 1.11. The number of hydrogen-bond acceptors (Lipinski definition) is 2. The summed E-state index contributed by atoms with van der Waals surface area (Å²) in [4.78, 5) is 11.6. The fraction of sp³-hybridized carbons (Fsp3) is 0.400. The molecule has 14 heavy (non-hydrogen) atoms. The summed E-state index contributed by atoms with van der Waals surface area (Å²) in [7, 11) is 0. The molecule has 0 spiro atoms. The van der Waals surface area contributed by atoms with Crippen LogP contribution in [-0.2, 0) is 0 Å². The predicted octanol–water partition coefficient (Wildman–Crippen LogP) is 0.860. The maximum atomic E-state index is 11.6. The lowest BCUT2D eigenvalue weighted by Crippen LogP contribution is -2.32. The zero-order valence-corrected chi connectivity index (χ0v) is 8.29. The first-order valence-corrected chi connectivity index (χ1v) is 4.39. The van der Waals surface area contributed by atoms with Crippen LogP contribution in [0.25, 0.3) is 0 Å². The Balaban J connectivity index is 2.60. The molecule has 0 aliphatic carbocycles. The van der Waals surface area contributed by atoms with E-state index in [0.29, 0.717) is 12.0 Å². The van der Waals surface area contributed by atoms with Crippen LogP contribution in [-0.4, -0.2) is 22.1 Å². The van der Waals surface area contributed by atoms with E-state index in [1.807, 2.05) is 6.92 Å². The highest BCUT2D eigenvalue weighted by atomic mass is 16.1. The Morgan fingerprint density at radius 3 is 3.07 bits per heavy atom. The number of nitrogens with zero attached hydrogens (tertiary/aromatic N) is 1. The zero-order chi connectivity index (χ0) is 10.6. The number of amides is 1. The Morgan fingerprint density at radius 1 is 1.86 bits per heavy atom. The monoisotopic (exact) mass is 191 g/mol. The van der Waals surface area contributed by atoms with Crippen LogP contribution in [0.2, 0.25) is 0 Å². The van der Waals surface area contributed by atoms with Gasteiger partial charge in [0.2, 0.25) is 0 Å². The van der Waals surface area contributed by atoms with Crippen LogP contribution in [0.3, 0.4) is 0 Å². The molecule has 4 heteroatoms. The minimum atomic E-state index is -0.140. The van der Waals surface area contributed by atoms with Gasteiger partial charge in [0.1, 0.15) is 0 Å². The van der Waals surface area contributed by atoms with Gasteiger partial charge in [-0.25, -0.2) is 0 Å². The molecule has 0 saturated carbocycles. The maximum Gasteiger partial charge on any atom is 0.254 e. The number of carbonyl (C=O) groups excluding carboxylic acids is 1. The summed E-state index contributed by atoms with van der Waals surface area (Å²) in [5.41, 5.74) is 1.32. The molecular weight excluding hydrogens is 178 g/mol. The lowest BCUT2D eigenvalue weighted by Gasteiger charge is -2.09. The molecule has 0 saturated heterocycles. The summed E-state index contributed by atoms with van der Waals surface area (Å²) in [5.74, 6) is 2.35. The van der Waals surface area contributed by atoms with E-state index in [0.717, 1.165) is 5.69 Å². The average Bonchev–Trinajstić information content (AvgIpc) is 2.51. The highest BCUT2D eigenvalue weighted by molar-refractivity contribution is 5.95. The van der Waals surface area contributed by atoms with Crippen molar-refractivity contribution in [3.05, 3.63) is 17.5 Å². The summed E-state index contributed by atoms with van der Waals surface area (Å²) < 4.78 is 0. The minimum Gasteiger partial charge on any atom is -0.349 e. The Morgan fingerprint density at radius 2 is 2.57 bits per heavy atom. The van der Waals surface area contributed by atoms with Crippen LogP contribution in [0, 0.1) is 19.3 Å². The SMILES string of the molecule is C#CCC(C)NC(=O)c1cn[nH]c1C. The zero-order valence-electron chi connectivity index (χ0n) is 8.29. The second-order valence-corrected chi connectivity index (χ2v) is 3.19. The van der Waals surface area contributed by atoms with E-state index in [-0.39, 0.29) is 11.9 Å². The number of aromatic amines is 1. The van der Waals surface area contributed by atoms with Crippen LogP contribution in [0.1, 0.15) is 29.4 Å². The molecule has 2 N–H and O–H groups in total. The molecule has 74 valence electrons. The lowest BCUT2D eigenvalue weighted by molar-refractivity contribution is 0.0940. The van der Waals surface area contributed by atoms with Crippen LogP contribution in [0.5, 0.6) is 0 Å². The molecule has 0 radical (unpaired) electrons. The van der Waals surface area contributed by atoms with Crippen LogP contribution in [0.4, 0.5) is 0 Å². The first kappa shape index (κ1) is 10.3. The van der Waals surface area contributed by atoms with E-state index in [1.54, 1.807) is 6.92 Å². The number of nitrogens with one attached hydrogen (secondary N) is 2. The number of carbonyl (C=O) groups is 1.